The molecule has 0 amide bonds. The number of guanidine groups is 1. The number of pyridine rings is 1. The Hall–Kier alpha value is -1.90. The summed E-state index contributed by atoms with van der Waals surface area (Å²) in [6, 6.07) is 10.4. The van der Waals surface area contributed by atoms with Gasteiger partial charge in [-0.3, -0.25) is 4.99 Å². The van der Waals surface area contributed by atoms with Gasteiger partial charge in [0, 0.05) is 31.9 Å². The molecular weight excluding hydrogens is 422 g/mol. The van der Waals surface area contributed by atoms with E-state index in [9.17, 15) is 4.39 Å². The first-order valence-electron chi connectivity index (χ1n) is 7.39. The topological polar surface area (TPSA) is 58.5 Å². The molecule has 0 aliphatic rings. The summed E-state index contributed by atoms with van der Waals surface area (Å²) in [4.78, 5) is 8.32. The Morgan fingerprint density at radius 2 is 2.08 bits per heavy atom. The number of hydrogen-bond donors (Lipinski definition) is 2. The Kier molecular flexibility index (Phi) is 9.06. The number of hydrogen-bond acceptors (Lipinski definition) is 3. The fraction of sp³-hybridized carbons (Fsp3) is 0.294. The molecule has 0 aliphatic heterocycles. The zero-order valence-corrected chi connectivity index (χ0v) is 16.1. The van der Waals surface area contributed by atoms with E-state index in [1.807, 2.05) is 18.2 Å². The van der Waals surface area contributed by atoms with Gasteiger partial charge in [-0.25, -0.2) is 9.37 Å². The molecule has 7 heteroatoms. The van der Waals surface area contributed by atoms with E-state index in [1.54, 1.807) is 32.5 Å². The molecule has 1 aromatic carbocycles. The van der Waals surface area contributed by atoms with E-state index in [2.05, 4.69) is 20.6 Å². The summed E-state index contributed by atoms with van der Waals surface area (Å²) in [5, 5.41) is 6.40. The first-order valence-corrected chi connectivity index (χ1v) is 7.39. The highest BCUT2D eigenvalue weighted by atomic mass is 127. The van der Waals surface area contributed by atoms with Crippen molar-refractivity contribution in [3.63, 3.8) is 0 Å². The van der Waals surface area contributed by atoms with Crippen molar-refractivity contribution in [2.45, 2.75) is 13.0 Å². The molecule has 5 nitrogen and oxygen atoms in total. The summed E-state index contributed by atoms with van der Waals surface area (Å²) in [5.74, 6) is 1.05. The molecule has 0 unspecified atom stereocenters. The fourth-order valence-corrected chi connectivity index (χ4v) is 2.16. The van der Waals surface area contributed by atoms with Crippen LogP contribution in [-0.2, 0) is 13.0 Å². The van der Waals surface area contributed by atoms with Gasteiger partial charge in [-0.1, -0.05) is 18.2 Å². The van der Waals surface area contributed by atoms with E-state index in [0.717, 1.165) is 11.1 Å². The number of aromatic nitrogens is 1. The average molecular weight is 444 g/mol. The molecule has 24 heavy (non-hydrogen) atoms. The second kappa shape index (κ2) is 10.8. The monoisotopic (exact) mass is 444 g/mol. The Balaban J connectivity index is 0.00000288. The average Bonchev–Trinajstić information content (AvgIpc) is 2.58. The standard InChI is InChI=1S/C17H21FN4O.HI/c1-19-17(21-10-8-13-5-3-7-15(18)11-13)22-12-14-6-4-9-20-16(14)23-2;/h3-7,9,11H,8,10,12H2,1-2H3,(H2,19,21,22);1H. The number of halogens is 2. The molecular formula is C17H22FIN4O. The van der Waals surface area contributed by atoms with Crippen LogP contribution >= 0.6 is 24.0 Å². The molecule has 0 saturated carbocycles. The van der Waals surface area contributed by atoms with Crippen LogP contribution in [0.25, 0.3) is 0 Å². The summed E-state index contributed by atoms with van der Waals surface area (Å²) in [6.07, 6.45) is 2.41. The minimum atomic E-state index is -0.214. The zero-order valence-electron chi connectivity index (χ0n) is 13.8. The third-order valence-electron chi connectivity index (χ3n) is 3.31. The lowest BCUT2D eigenvalue weighted by atomic mass is 10.1. The van der Waals surface area contributed by atoms with Gasteiger partial charge in [-0.05, 0) is 30.2 Å². The van der Waals surface area contributed by atoms with Gasteiger partial charge >= 0.3 is 0 Å². The van der Waals surface area contributed by atoms with Crippen molar-refractivity contribution in [3.05, 3.63) is 59.5 Å². The molecule has 0 atom stereocenters. The van der Waals surface area contributed by atoms with Crippen molar-refractivity contribution < 1.29 is 9.13 Å². The molecule has 0 radical (unpaired) electrons. The summed E-state index contributed by atoms with van der Waals surface area (Å²) < 4.78 is 18.3. The van der Waals surface area contributed by atoms with Crippen LogP contribution in [0.2, 0.25) is 0 Å². The summed E-state index contributed by atoms with van der Waals surface area (Å²) >= 11 is 0. The van der Waals surface area contributed by atoms with Crippen LogP contribution in [0.5, 0.6) is 5.88 Å². The Morgan fingerprint density at radius 3 is 2.79 bits per heavy atom. The van der Waals surface area contributed by atoms with Crippen LogP contribution in [-0.4, -0.2) is 31.6 Å². The third kappa shape index (κ3) is 6.31. The van der Waals surface area contributed by atoms with Gasteiger partial charge in [-0.15, -0.1) is 24.0 Å². The molecule has 0 bridgehead atoms. The summed E-state index contributed by atoms with van der Waals surface area (Å²) in [7, 11) is 3.30. The van der Waals surface area contributed by atoms with Crippen molar-refractivity contribution >= 4 is 29.9 Å². The predicted molar refractivity (Wildman–Crippen MR) is 105 cm³/mol. The lowest BCUT2D eigenvalue weighted by Crippen LogP contribution is -2.37. The molecule has 0 aliphatic carbocycles. The fourth-order valence-electron chi connectivity index (χ4n) is 2.16. The van der Waals surface area contributed by atoms with Crippen molar-refractivity contribution in [1.82, 2.24) is 15.6 Å². The number of methoxy groups -OCH3 is 1. The number of rotatable bonds is 6. The molecule has 1 aromatic heterocycles. The summed E-state index contributed by atoms with van der Waals surface area (Å²) in [5.41, 5.74) is 1.89. The third-order valence-corrected chi connectivity index (χ3v) is 3.31. The van der Waals surface area contributed by atoms with Crippen molar-refractivity contribution in [3.8, 4) is 5.88 Å². The summed E-state index contributed by atoms with van der Waals surface area (Å²) in [6.45, 7) is 1.21. The van der Waals surface area contributed by atoms with Gasteiger partial charge in [0.25, 0.3) is 0 Å². The van der Waals surface area contributed by atoms with Crippen LogP contribution in [0.1, 0.15) is 11.1 Å². The van der Waals surface area contributed by atoms with E-state index in [4.69, 9.17) is 4.74 Å². The van der Waals surface area contributed by atoms with Crippen molar-refractivity contribution in [1.29, 1.82) is 0 Å². The van der Waals surface area contributed by atoms with Crippen LogP contribution in [0.15, 0.2) is 47.6 Å². The van der Waals surface area contributed by atoms with Gasteiger partial charge in [0.1, 0.15) is 5.82 Å². The first kappa shape index (κ1) is 20.1. The highest BCUT2D eigenvalue weighted by Gasteiger charge is 2.04. The Bertz CT molecular complexity index is 667. The van der Waals surface area contributed by atoms with Crippen LogP contribution in [0.3, 0.4) is 0 Å². The van der Waals surface area contributed by atoms with Crippen molar-refractivity contribution in [2.75, 3.05) is 20.7 Å². The largest absolute Gasteiger partial charge is 0.481 e. The van der Waals surface area contributed by atoms with Gasteiger partial charge in [0.15, 0.2) is 5.96 Å². The second-order valence-corrected chi connectivity index (χ2v) is 4.90. The smallest absolute Gasteiger partial charge is 0.218 e. The van der Waals surface area contributed by atoms with Gasteiger partial charge < -0.3 is 15.4 Å². The number of benzene rings is 1. The molecule has 0 fully saturated rings. The van der Waals surface area contributed by atoms with E-state index in [0.29, 0.717) is 31.3 Å². The number of nitrogens with zero attached hydrogens (tertiary/aromatic N) is 2. The highest BCUT2D eigenvalue weighted by molar-refractivity contribution is 14.0. The molecule has 2 N–H and O–H groups in total. The highest BCUT2D eigenvalue weighted by Crippen LogP contribution is 2.12. The predicted octanol–water partition coefficient (Wildman–Crippen LogP) is 2.76. The Morgan fingerprint density at radius 1 is 1.25 bits per heavy atom. The Labute approximate surface area is 158 Å². The first-order chi connectivity index (χ1) is 11.2. The molecule has 1 heterocycles. The van der Waals surface area contributed by atoms with Gasteiger partial charge in [-0.2, -0.15) is 0 Å². The normalized spacial score (nSPS) is 10.7. The second-order valence-electron chi connectivity index (χ2n) is 4.90. The molecule has 2 aromatic rings. The minimum Gasteiger partial charge on any atom is -0.481 e. The quantitative estimate of drug-likeness (QED) is 0.409. The molecule has 0 spiro atoms. The van der Waals surface area contributed by atoms with E-state index < -0.39 is 0 Å². The number of aliphatic imine (C=N–C) groups is 1. The maximum Gasteiger partial charge on any atom is 0.218 e. The van der Waals surface area contributed by atoms with Gasteiger partial charge in [0.2, 0.25) is 5.88 Å². The zero-order chi connectivity index (χ0) is 16.5. The SMILES string of the molecule is CN=C(NCCc1cccc(F)c1)NCc1cccnc1OC.I. The van der Waals surface area contributed by atoms with Crippen LogP contribution in [0, 0.1) is 5.82 Å². The molecule has 2 rings (SSSR count). The van der Waals surface area contributed by atoms with Crippen LogP contribution < -0.4 is 15.4 Å². The minimum absolute atomic E-state index is 0. The number of nitrogens with one attached hydrogen (secondary N) is 2. The van der Waals surface area contributed by atoms with E-state index in [-0.39, 0.29) is 29.8 Å². The van der Waals surface area contributed by atoms with Crippen molar-refractivity contribution in [2.24, 2.45) is 4.99 Å². The van der Waals surface area contributed by atoms with E-state index in [1.165, 1.54) is 6.07 Å². The lowest BCUT2D eigenvalue weighted by Gasteiger charge is -2.13. The molecule has 0 saturated heterocycles. The van der Waals surface area contributed by atoms with E-state index >= 15 is 0 Å². The van der Waals surface area contributed by atoms with Crippen LogP contribution in [0.4, 0.5) is 4.39 Å². The molecule has 130 valence electrons. The van der Waals surface area contributed by atoms with Gasteiger partial charge in [0.05, 0.1) is 7.11 Å². The maximum absolute atomic E-state index is 13.1. The number of ether oxygens (including phenoxy) is 1. The lowest BCUT2D eigenvalue weighted by molar-refractivity contribution is 0.392. The maximum atomic E-state index is 13.1.